The minimum atomic E-state index is -4.55. The number of halogens is 6. The number of imide groups is 1. The Morgan fingerprint density at radius 2 is 1.70 bits per heavy atom. The normalized spacial score (nSPS) is 11.0. The van der Waals surface area contributed by atoms with Crippen LogP contribution in [0.3, 0.4) is 0 Å². The van der Waals surface area contributed by atoms with Crippen molar-refractivity contribution in [2.24, 2.45) is 0 Å². The van der Waals surface area contributed by atoms with E-state index in [1.807, 2.05) is 0 Å². The van der Waals surface area contributed by atoms with Gasteiger partial charge in [0.25, 0.3) is 5.91 Å². The molecule has 0 saturated carbocycles. The van der Waals surface area contributed by atoms with Gasteiger partial charge in [-0.1, -0.05) is 17.7 Å². The lowest BCUT2D eigenvalue weighted by atomic mass is 10.2. The van der Waals surface area contributed by atoms with Crippen LogP contribution in [0.1, 0.15) is 10.4 Å². The number of hydrogen-bond acceptors (Lipinski definition) is 3. The fraction of sp³-hybridized carbons (Fsp3) is 0.125. The van der Waals surface area contributed by atoms with Crippen molar-refractivity contribution in [3.05, 3.63) is 58.6 Å². The molecule has 0 aliphatic rings. The van der Waals surface area contributed by atoms with Gasteiger partial charge in [-0.05, 0) is 30.3 Å². The molecule has 0 aliphatic heterocycles. The molecule has 0 bridgehead atoms. The molecule has 0 radical (unpaired) electrons. The highest BCUT2D eigenvalue weighted by Gasteiger charge is 2.28. The molecule has 3 amide bonds. The molecule has 0 aromatic heterocycles. The van der Waals surface area contributed by atoms with Crippen molar-refractivity contribution in [3.63, 3.8) is 0 Å². The number of ether oxygens (including phenoxy) is 1. The van der Waals surface area contributed by atoms with Gasteiger partial charge >= 0.3 is 12.2 Å². The largest absolute Gasteiger partial charge is 0.483 e. The van der Waals surface area contributed by atoms with Crippen molar-refractivity contribution in [1.29, 1.82) is 0 Å². The van der Waals surface area contributed by atoms with E-state index in [0.717, 1.165) is 36.4 Å². The standard InChI is InChI=1S/C16H10ClF5N2O3/c17-9-6-8(4-5-12(9)27-7-16(20,21)22)23-15(26)24-14(25)13-10(18)2-1-3-11(13)19/h1-6H,7H2,(H2,23,24,25,26). The summed E-state index contributed by atoms with van der Waals surface area (Å²) < 4.78 is 67.8. The zero-order chi connectivity index (χ0) is 20.2. The molecule has 144 valence electrons. The number of benzene rings is 2. The van der Waals surface area contributed by atoms with Gasteiger partial charge in [0, 0.05) is 5.69 Å². The van der Waals surface area contributed by atoms with Crippen LogP contribution in [-0.2, 0) is 0 Å². The Kier molecular flexibility index (Phi) is 6.21. The molecule has 11 heteroatoms. The van der Waals surface area contributed by atoms with Crippen molar-refractivity contribution in [1.82, 2.24) is 5.32 Å². The van der Waals surface area contributed by atoms with E-state index in [1.165, 1.54) is 0 Å². The number of urea groups is 1. The van der Waals surface area contributed by atoms with Crippen LogP contribution in [0, 0.1) is 11.6 Å². The molecule has 0 atom stereocenters. The molecule has 2 rings (SSSR count). The van der Waals surface area contributed by atoms with Gasteiger partial charge in [0.15, 0.2) is 6.61 Å². The van der Waals surface area contributed by atoms with Gasteiger partial charge in [0.2, 0.25) is 0 Å². The number of rotatable bonds is 4. The number of carbonyl (C=O) groups excluding carboxylic acids is 2. The van der Waals surface area contributed by atoms with Gasteiger partial charge in [-0.2, -0.15) is 13.2 Å². The van der Waals surface area contributed by atoms with Crippen molar-refractivity contribution >= 4 is 29.2 Å². The fourth-order valence-electron chi connectivity index (χ4n) is 1.90. The predicted molar refractivity (Wildman–Crippen MR) is 85.8 cm³/mol. The smallest absolute Gasteiger partial charge is 0.422 e. The summed E-state index contributed by atoms with van der Waals surface area (Å²) in [6, 6.07) is 4.90. The Hall–Kier alpha value is -2.88. The van der Waals surface area contributed by atoms with Gasteiger partial charge in [-0.25, -0.2) is 13.6 Å². The van der Waals surface area contributed by atoms with Crippen molar-refractivity contribution < 1.29 is 36.3 Å². The molecule has 2 aromatic rings. The molecule has 2 N–H and O–H groups in total. The van der Waals surface area contributed by atoms with Crippen LogP contribution in [0.25, 0.3) is 0 Å². The summed E-state index contributed by atoms with van der Waals surface area (Å²) in [5.41, 5.74) is -0.944. The van der Waals surface area contributed by atoms with E-state index >= 15 is 0 Å². The lowest BCUT2D eigenvalue weighted by Crippen LogP contribution is -2.35. The van der Waals surface area contributed by atoms with Crippen LogP contribution < -0.4 is 15.4 Å². The van der Waals surface area contributed by atoms with E-state index in [1.54, 1.807) is 5.32 Å². The summed E-state index contributed by atoms with van der Waals surface area (Å²) >= 11 is 5.75. The van der Waals surface area contributed by atoms with Crippen molar-refractivity contribution in [3.8, 4) is 5.75 Å². The minimum absolute atomic E-state index is 0.00124. The fourth-order valence-corrected chi connectivity index (χ4v) is 2.13. The average Bonchev–Trinajstić information content (AvgIpc) is 2.52. The number of anilines is 1. The average molecular weight is 409 g/mol. The predicted octanol–water partition coefficient (Wildman–Crippen LogP) is 4.52. The molecular formula is C16H10ClF5N2O3. The monoisotopic (exact) mass is 408 g/mol. The number of hydrogen-bond donors (Lipinski definition) is 2. The van der Waals surface area contributed by atoms with E-state index < -0.39 is 41.9 Å². The molecule has 0 aliphatic carbocycles. The highest BCUT2D eigenvalue weighted by Crippen LogP contribution is 2.29. The summed E-state index contributed by atoms with van der Waals surface area (Å²) in [7, 11) is 0. The third-order valence-electron chi connectivity index (χ3n) is 3.00. The van der Waals surface area contributed by atoms with Crippen LogP contribution in [0.2, 0.25) is 5.02 Å². The Balaban J connectivity index is 2.01. The first-order valence-electron chi connectivity index (χ1n) is 7.12. The molecule has 0 spiro atoms. The van der Waals surface area contributed by atoms with Crippen molar-refractivity contribution in [2.45, 2.75) is 6.18 Å². The SMILES string of the molecule is O=C(NC(=O)c1c(F)cccc1F)Nc1ccc(OCC(F)(F)F)c(Cl)c1. The highest BCUT2D eigenvalue weighted by atomic mass is 35.5. The summed E-state index contributed by atoms with van der Waals surface area (Å²) in [5.74, 6) is -3.91. The molecule has 27 heavy (non-hydrogen) atoms. The first-order valence-corrected chi connectivity index (χ1v) is 7.50. The van der Waals surface area contributed by atoms with Gasteiger partial charge < -0.3 is 10.1 Å². The number of carbonyl (C=O) groups is 2. The molecule has 5 nitrogen and oxygen atoms in total. The van der Waals surface area contributed by atoms with Crippen LogP contribution in [0.5, 0.6) is 5.75 Å². The third-order valence-corrected chi connectivity index (χ3v) is 3.29. The number of nitrogens with one attached hydrogen (secondary N) is 2. The Morgan fingerprint density at radius 3 is 2.26 bits per heavy atom. The first kappa shape index (κ1) is 20.4. The molecule has 2 aromatic carbocycles. The van der Waals surface area contributed by atoms with E-state index in [9.17, 15) is 31.5 Å². The summed E-state index contributed by atoms with van der Waals surface area (Å²) in [4.78, 5) is 23.5. The van der Waals surface area contributed by atoms with E-state index in [4.69, 9.17) is 11.6 Å². The maximum atomic E-state index is 13.5. The molecule has 0 heterocycles. The topological polar surface area (TPSA) is 67.4 Å². The quantitative estimate of drug-likeness (QED) is 0.731. The zero-order valence-corrected chi connectivity index (χ0v) is 13.9. The van der Waals surface area contributed by atoms with Crippen LogP contribution in [0.4, 0.5) is 32.4 Å². The van der Waals surface area contributed by atoms with E-state index in [2.05, 4.69) is 10.1 Å². The molecular weight excluding hydrogens is 399 g/mol. The number of alkyl halides is 3. The summed E-state index contributed by atoms with van der Waals surface area (Å²) in [5, 5.41) is 3.62. The van der Waals surface area contributed by atoms with Crippen LogP contribution in [-0.4, -0.2) is 24.7 Å². The Morgan fingerprint density at radius 1 is 1.07 bits per heavy atom. The van der Waals surface area contributed by atoms with Gasteiger partial charge in [-0.15, -0.1) is 0 Å². The second kappa shape index (κ2) is 8.21. The van der Waals surface area contributed by atoms with Crippen LogP contribution in [0.15, 0.2) is 36.4 Å². The van der Waals surface area contributed by atoms with Gasteiger partial charge in [-0.3, -0.25) is 10.1 Å². The minimum Gasteiger partial charge on any atom is -0.483 e. The molecule has 0 fully saturated rings. The second-order valence-electron chi connectivity index (χ2n) is 5.05. The lowest BCUT2D eigenvalue weighted by molar-refractivity contribution is -0.153. The maximum absolute atomic E-state index is 13.5. The van der Waals surface area contributed by atoms with Gasteiger partial charge in [0.1, 0.15) is 22.9 Å². The number of amides is 3. The Labute approximate surface area is 154 Å². The van der Waals surface area contributed by atoms with Crippen molar-refractivity contribution in [2.75, 3.05) is 11.9 Å². The van der Waals surface area contributed by atoms with Gasteiger partial charge in [0.05, 0.1) is 5.02 Å². The van der Waals surface area contributed by atoms with E-state index in [0.29, 0.717) is 0 Å². The van der Waals surface area contributed by atoms with E-state index in [-0.39, 0.29) is 16.5 Å². The third kappa shape index (κ3) is 5.81. The zero-order valence-electron chi connectivity index (χ0n) is 13.2. The molecule has 0 unspecified atom stereocenters. The van der Waals surface area contributed by atoms with Crippen LogP contribution >= 0.6 is 11.6 Å². The first-order chi connectivity index (χ1) is 12.6. The highest BCUT2D eigenvalue weighted by molar-refractivity contribution is 6.32. The summed E-state index contributed by atoms with van der Waals surface area (Å²) in [6.45, 7) is -1.55. The maximum Gasteiger partial charge on any atom is 0.422 e. The molecule has 0 saturated heterocycles. The lowest BCUT2D eigenvalue weighted by Gasteiger charge is -2.12. The summed E-state index contributed by atoms with van der Waals surface area (Å²) in [6.07, 6.45) is -4.55. The second-order valence-corrected chi connectivity index (χ2v) is 5.46. The Bertz CT molecular complexity index is 853.